The molecule has 1 fully saturated rings. The normalized spacial score (nSPS) is 16.8. The third-order valence-electron chi connectivity index (χ3n) is 2.51. The second-order valence-electron chi connectivity index (χ2n) is 3.99. The average molecular weight is 280 g/mol. The molecule has 2 N–H and O–H groups in total. The lowest BCUT2D eigenvalue weighted by Crippen LogP contribution is -2.43. The Morgan fingerprint density at radius 1 is 1.28 bits per heavy atom. The summed E-state index contributed by atoms with van der Waals surface area (Å²) in [5.74, 6) is -0.973. The minimum absolute atomic E-state index is 0.0793. The summed E-state index contributed by atoms with van der Waals surface area (Å²) in [7, 11) is -3.41. The first kappa shape index (κ1) is 15.4. The molecule has 0 radical (unpaired) electrons. The summed E-state index contributed by atoms with van der Waals surface area (Å²) in [6.45, 7) is 2.60. The molecular weight excluding hydrogens is 260 g/mol. The quantitative estimate of drug-likeness (QED) is 0.554. The maximum absolute atomic E-state index is 11.7. The van der Waals surface area contributed by atoms with Crippen molar-refractivity contribution in [2.24, 2.45) is 5.73 Å². The lowest BCUT2D eigenvalue weighted by atomic mass is 10.4. The molecular formula is C10H20N2O5S. The predicted molar refractivity (Wildman–Crippen MR) is 65.9 cm³/mol. The summed E-state index contributed by atoms with van der Waals surface area (Å²) < 4.78 is 33.4. The Morgan fingerprint density at radius 3 is 2.56 bits per heavy atom. The van der Waals surface area contributed by atoms with E-state index in [4.69, 9.17) is 15.2 Å². The van der Waals surface area contributed by atoms with Crippen LogP contribution in [0.1, 0.15) is 0 Å². The first-order valence-electron chi connectivity index (χ1n) is 5.89. The second-order valence-corrected chi connectivity index (χ2v) is 6.17. The van der Waals surface area contributed by atoms with Crippen molar-refractivity contribution >= 4 is 15.7 Å². The van der Waals surface area contributed by atoms with Gasteiger partial charge in [-0.3, -0.25) is 4.79 Å². The van der Waals surface area contributed by atoms with Crippen LogP contribution >= 0.6 is 0 Å². The fraction of sp³-hybridized carbons (Fsp3) is 0.900. The molecule has 8 heteroatoms. The third-order valence-corrected chi connectivity index (χ3v) is 3.98. The molecule has 0 spiro atoms. The van der Waals surface area contributed by atoms with E-state index >= 15 is 0 Å². The summed E-state index contributed by atoms with van der Waals surface area (Å²) in [6.07, 6.45) is 0. The van der Waals surface area contributed by atoms with Gasteiger partial charge >= 0.3 is 0 Å². The van der Waals surface area contributed by atoms with Crippen molar-refractivity contribution in [3.63, 3.8) is 0 Å². The van der Waals surface area contributed by atoms with E-state index in [1.54, 1.807) is 0 Å². The number of ether oxygens (including phenoxy) is 2. The first-order valence-corrected chi connectivity index (χ1v) is 7.71. The molecule has 0 aromatic heterocycles. The molecule has 7 nitrogen and oxygen atoms in total. The van der Waals surface area contributed by atoms with E-state index in [0.29, 0.717) is 39.5 Å². The lowest BCUT2D eigenvalue weighted by Gasteiger charge is -2.26. The Labute approximate surface area is 107 Å². The highest BCUT2D eigenvalue weighted by Gasteiger charge is 2.23. The van der Waals surface area contributed by atoms with Crippen LogP contribution in [0.4, 0.5) is 0 Å². The zero-order valence-electron chi connectivity index (χ0n) is 10.3. The van der Waals surface area contributed by atoms with E-state index in [1.807, 2.05) is 0 Å². The number of sulfone groups is 1. The minimum Gasteiger partial charge on any atom is -0.379 e. The monoisotopic (exact) mass is 280 g/mol. The van der Waals surface area contributed by atoms with Crippen LogP contribution in [0.5, 0.6) is 0 Å². The molecule has 0 unspecified atom stereocenters. The van der Waals surface area contributed by atoms with Crippen LogP contribution in [0.25, 0.3) is 0 Å². The SMILES string of the molecule is NCCOCCS(=O)(=O)CC(=O)N1CCOCC1. The molecule has 0 bridgehead atoms. The Kier molecular flexibility index (Phi) is 6.55. The zero-order chi connectivity index (χ0) is 13.4. The van der Waals surface area contributed by atoms with Gasteiger partial charge in [-0.15, -0.1) is 0 Å². The molecule has 0 saturated carbocycles. The van der Waals surface area contributed by atoms with Gasteiger partial charge in [-0.05, 0) is 0 Å². The first-order chi connectivity index (χ1) is 8.55. The molecule has 1 rings (SSSR count). The molecule has 0 atom stereocenters. The van der Waals surface area contributed by atoms with Gasteiger partial charge in [-0.2, -0.15) is 0 Å². The molecule has 1 saturated heterocycles. The second kappa shape index (κ2) is 7.67. The molecule has 1 aliphatic heterocycles. The molecule has 0 aromatic carbocycles. The predicted octanol–water partition coefficient (Wildman–Crippen LogP) is -1.76. The summed E-state index contributed by atoms with van der Waals surface area (Å²) in [4.78, 5) is 13.2. The van der Waals surface area contributed by atoms with Crippen LogP contribution in [-0.4, -0.2) is 76.8 Å². The summed E-state index contributed by atoms with van der Waals surface area (Å²) in [5.41, 5.74) is 5.21. The number of morpholine rings is 1. The number of amides is 1. The van der Waals surface area contributed by atoms with Gasteiger partial charge in [0.1, 0.15) is 5.75 Å². The number of nitrogens with zero attached hydrogens (tertiary/aromatic N) is 1. The standard InChI is InChI=1S/C10H20N2O5S/c11-1-4-16-7-8-18(14,15)9-10(13)12-2-5-17-6-3-12/h1-9,11H2. The van der Waals surface area contributed by atoms with Gasteiger partial charge in [-0.25, -0.2) is 8.42 Å². The van der Waals surface area contributed by atoms with Gasteiger partial charge in [0, 0.05) is 19.6 Å². The number of nitrogens with two attached hydrogens (primary N) is 1. The maximum atomic E-state index is 11.7. The number of carbonyl (C=O) groups excluding carboxylic acids is 1. The van der Waals surface area contributed by atoms with Crippen molar-refractivity contribution in [2.45, 2.75) is 0 Å². The van der Waals surface area contributed by atoms with Gasteiger partial charge in [0.2, 0.25) is 5.91 Å². The highest BCUT2D eigenvalue weighted by Crippen LogP contribution is 2.01. The van der Waals surface area contributed by atoms with Gasteiger partial charge in [0.15, 0.2) is 9.84 Å². The van der Waals surface area contributed by atoms with E-state index in [2.05, 4.69) is 0 Å². The Balaban J connectivity index is 2.32. The van der Waals surface area contributed by atoms with Crippen molar-refractivity contribution in [3.05, 3.63) is 0 Å². The number of hydrogen-bond donors (Lipinski definition) is 1. The third kappa shape index (κ3) is 5.76. The van der Waals surface area contributed by atoms with Gasteiger partial charge in [-0.1, -0.05) is 0 Å². The molecule has 1 aliphatic rings. The summed E-state index contributed by atoms with van der Waals surface area (Å²) >= 11 is 0. The van der Waals surface area contributed by atoms with Gasteiger partial charge < -0.3 is 20.1 Å². The number of rotatable bonds is 7. The van der Waals surface area contributed by atoms with E-state index in [1.165, 1.54) is 4.90 Å². The van der Waals surface area contributed by atoms with E-state index in [9.17, 15) is 13.2 Å². The molecule has 1 heterocycles. The van der Waals surface area contributed by atoms with Crippen molar-refractivity contribution in [2.75, 3.05) is 57.6 Å². The lowest BCUT2D eigenvalue weighted by molar-refractivity contribution is -0.132. The smallest absolute Gasteiger partial charge is 0.237 e. The van der Waals surface area contributed by atoms with Crippen LogP contribution in [0.15, 0.2) is 0 Å². The van der Waals surface area contributed by atoms with Gasteiger partial charge in [0.25, 0.3) is 0 Å². The Hall–Kier alpha value is -0.700. The van der Waals surface area contributed by atoms with Crippen molar-refractivity contribution in [1.82, 2.24) is 4.90 Å². The molecule has 0 aliphatic carbocycles. The molecule has 18 heavy (non-hydrogen) atoms. The van der Waals surface area contributed by atoms with Crippen LogP contribution in [0.2, 0.25) is 0 Å². The highest BCUT2D eigenvalue weighted by molar-refractivity contribution is 7.92. The van der Waals surface area contributed by atoms with Crippen LogP contribution in [0.3, 0.4) is 0 Å². The Bertz CT molecular complexity index is 351. The van der Waals surface area contributed by atoms with Crippen molar-refractivity contribution < 1.29 is 22.7 Å². The van der Waals surface area contributed by atoms with Crippen LogP contribution in [0, 0.1) is 0 Å². The summed E-state index contributed by atoms with van der Waals surface area (Å²) in [5, 5.41) is 0. The zero-order valence-corrected chi connectivity index (χ0v) is 11.2. The van der Waals surface area contributed by atoms with Crippen molar-refractivity contribution in [3.8, 4) is 0 Å². The summed E-state index contributed by atoms with van der Waals surface area (Å²) in [6, 6.07) is 0. The van der Waals surface area contributed by atoms with Gasteiger partial charge in [0.05, 0.1) is 32.2 Å². The van der Waals surface area contributed by atoms with E-state index in [-0.39, 0.29) is 18.3 Å². The fourth-order valence-electron chi connectivity index (χ4n) is 1.54. The molecule has 1 amide bonds. The average Bonchev–Trinajstić information content (AvgIpc) is 2.35. The number of carbonyl (C=O) groups is 1. The van der Waals surface area contributed by atoms with Crippen LogP contribution < -0.4 is 5.73 Å². The van der Waals surface area contributed by atoms with Crippen molar-refractivity contribution in [1.29, 1.82) is 0 Å². The fourth-order valence-corrected chi connectivity index (χ4v) is 2.61. The molecule has 0 aromatic rings. The minimum atomic E-state index is -3.41. The van der Waals surface area contributed by atoms with E-state index < -0.39 is 15.6 Å². The molecule has 106 valence electrons. The maximum Gasteiger partial charge on any atom is 0.237 e. The topological polar surface area (TPSA) is 98.9 Å². The van der Waals surface area contributed by atoms with Crippen LogP contribution in [-0.2, 0) is 24.1 Å². The largest absolute Gasteiger partial charge is 0.379 e. The number of hydrogen-bond acceptors (Lipinski definition) is 6. The Morgan fingerprint density at radius 2 is 1.94 bits per heavy atom. The van der Waals surface area contributed by atoms with E-state index in [0.717, 1.165) is 0 Å². The highest BCUT2D eigenvalue weighted by atomic mass is 32.2.